The van der Waals surface area contributed by atoms with Crippen LogP contribution in [0.3, 0.4) is 0 Å². The first-order chi connectivity index (χ1) is 10.0. The second-order valence-electron chi connectivity index (χ2n) is 6.37. The molecule has 21 heavy (non-hydrogen) atoms. The molecule has 116 valence electrons. The SMILES string of the molecule is CCc1ccc(S(=O)(=O)NC2CCNC3(CCC3)C2)cc1. The molecule has 0 aromatic heterocycles. The molecule has 4 nitrogen and oxygen atoms in total. The fourth-order valence-electron chi connectivity index (χ4n) is 3.43. The lowest BCUT2D eigenvalue weighted by Gasteiger charge is -2.48. The molecule has 1 saturated heterocycles. The minimum Gasteiger partial charge on any atom is -0.311 e. The molecule has 1 aliphatic heterocycles. The van der Waals surface area contributed by atoms with Gasteiger partial charge in [0.1, 0.15) is 0 Å². The van der Waals surface area contributed by atoms with Gasteiger partial charge in [0, 0.05) is 11.6 Å². The minimum atomic E-state index is -3.40. The summed E-state index contributed by atoms with van der Waals surface area (Å²) in [5.74, 6) is 0. The van der Waals surface area contributed by atoms with Gasteiger partial charge in [-0.3, -0.25) is 0 Å². The highest BCUT2D eigenvalue weighted by Crippen LogP contribution is 2.38. The number of benzene rings is 1. The molecule has 1 spiro atoms. The Hall–Kier alpha value is -0.910. The first-order valence-corrected chi connectivity index (χ1v) is 9.38. The van der Waals surface area contributed by atoms with E-state index in [9.17, 15) is 8.42 Å². The van der Waals surface area contributed by atoms with Crippen molar-refractivity contribution in [2.24, 2.45) is 0 Å². The topological polar surface area (TPSA) is 58.2 Å². The van der Waals surface area contributed by atoms with Gasteiger partial charge in [0.2, 0.25) is 10.0 Å². The standard InChI is InChI=1S/C16H24N2O2S/c1-2-13-4-6-15(7-5-13)21(19,20)18-14-8-11-17-16(12-14)9-3-10-16/h4-7,14,17-18H,2-3,8-12H2,1H3. The zero-order valence-electron chi connectivity index (χ0n) is 12.6. The van der Waals surface area contributed by atoms with E-state index in [1.807, 2.05) is 12.1 Å². The van der Waals surface area contributed by atoms with E-state index in [1.54, 1.807) is 12.1 Å². The van der Waals surface area contributed by atoms with Crippen LogP contribution in [-0.2, 0) is 16.4 Å². The molecule has 1 saturated carbocycles. The van der Waals surface area contributed by atoms with Crippen LogP contribution in [0.4, 0.5) is 0 Å². The molecule has 1 atom stereocenters. The minimum absolute atomic E-state index is 0.0578. The van der Waals surface area contributed by atoms with Crippen LogP contribution in [0.25, 0.3) is 0 Å². The Labute approximate surface area is 127 Å². The molecule has 1 aromatic rings. The van der Waals surface area contributed by atoms with Crippen LogP contribution < -0.4 is 10.0 Å². The van der Waals surface area contributed by atoms with E-state index in [1.165, 1.54) is 19.3 Å². The number of piperidine rings is 1. The second-order valence-corrected chi connectivity index (χ2v) is 8.08. The molecule has 1 aliphatic carbocycles. The third-order valence-electron chi connectivity index (χ3n) is 4.90. The lowest BCUT2D eigenvalue weighted by atomic mass is 9.70. The Morgan fingerprint density at radius 1 is 1.29 bits per heavy atom. The average molecular weight is 308 g/mol. The highest BCUT2D eigenvalue weighted by atomic mass is 32.2. The molecule has 1 unspecified atom stereocenters. The summed E-state index contributed by atoms with van der Waals surface area (Å²) < 4.78 is 27.9. The lowest BCUT2D eigenvalue weighted by Crippen LogP contribution is -2.59. The van der Waals surface area contributed by atoms with Gasteiger partial charge in [-0.1, -0.05) is 19.1 Å². The predicted octanol–water partition coefficient (Wildman–Crippen LogP) is 2.20. The van der Waals surface area contributed by atoms with E-state index in [0.29, 0.717) is 4.90 Å². The molecular formula is C16H24N2O2S. The van der Waals surface area contributed by atoms with E-state index >= 15 is 0 Å². The third-order valence-corrected chi connectivity index (χ3v) is 6.44. The van der Waals surface area contributed by atoms with Gasteiger partial charge in [0.15, 0.2) is 0 Å². The Kier molecular flexibility index (Phi) is 4.08. The summed E-state index contributed by atoms with van der Waals surface area (Å²) in [6, 6.07) is 7.26. The predicted molar refractivity (Wildman–Crippen MR) is 83.7 cm³/mol. The molecule has 0 amide bonds. The van der Waals surface area contributed by atoms with Crippen molar-refractivity contribution in [2.45, 2.75) is 61.9 Å². The normalized spacial score (nSPS) is 24.7. The van der Waals surface area contributed by atoms with Crippen molar-refractivity contribution < 1.29 is 8.42 Å². The van der Waals surface area contributed by atoms with Gasteiger partial charge in [-0.05, 0) is 62.8 Å². The quantitative estimate of drug-likeness (QED) is 0.896. The van der Waals surface area contributed by atoms with Crippen molar-refractivity contribution in [3.05, 3.63) is 29.8 Å². The number of sulfonamides is 1. The highest BCUT2D eigenvalue weighted by Gasteiger charge is 2.41. The number of hydrogen-bond donors (Lipinski definition) is 2. The number of aryl methyl sites for hydroxylation is 1. The van der Waals surface area contributed by atoms with Crippen LogP contribution >= 0.6 is 0 Å². The van der Waals surface area contributed by atoms with E-state index in [4.69, 9.17) is 0 Å². The third kappa shape index (κ3) is 3.15. The Morgan fingerprint density at radius 3 is 2.57 bits per heavy atom. The number of nitrogens with one attached hydrogen (secondary N) is 2. The first kappa shape index (κ1) is 15.0. The molecular weight excluding hydrogens is 284 g/mol. The molecule has 2 fully saturated rings. The van der Waals surface area contributed by atoms with Crippen molar-refractivity contribution in [2.75, 3.05) is 6.54 Å². The van der Waals surface area contributed by atoms with E-state index in [0.717, 1.165) is 31.4 Å². The number of hydrogen-bond acceptors (Lipinski definition) is 3. The molecule has 2 aliphatic rings. The summed E-state index contributed by atoms with van der Waals surface area (Å²) in [6.07, 6.45) is 6.32. The zero-order valence-corrected chi connectivity index (χ0v) is 13.4. The van der Waals surface area contributed by atoms with Crippen molar-refractivity contribution >= 4 is 10.0 Å². The van der Waals surface area contributed by atoms with Crippen molar-refractivity contribution in [3.63, 3.8) is 0 Å². The molecule has 2 N–H and O–H groups in total. The summed E-state index contributed by atoms with van der Waals surface area (Å²) in [7, 11) is -3.40. The van der Waals surface area contributed by atoms with Crippen molar-refractivity contribution in [3.8, 4) is 0 Å². The summed E-state index contributed by atoms with van der Waals surface area (Å²) in [5.41, 5.74) is 1.36. The van der Waals surface area contributed by atoms with E-state index in [2.05, 4.69) is 17.0 Å². The zero-order chi connectivity index (χ0) is 14.9. The van der Waals surface area contributed by atoms with Gasteiger partial charge in [-0.15, -0.1) is 0 Å². The van der Waals surface area contributed by atoms with Gasteiger partial charge < -0.3 is 5.32 Å². The first-order valence-electron chi connectivity index (χ1n) is 7.89. The monoisotopic (exact) mass is 308 g/mol. The average Bonchev–Trinajstić information content (AvgIpc) is 2.45. The summed E-state index contributed by atoms with van der Waals surface area (Å²) in [4.78, 5) is 0.376. The summed E-state index contributed by atoms with van der Waals surface area (Å²) in [6.45, 7) is 2.97. The summed E-state index contributed by atoms with van der Waals surface area (Å²) >= 11 is 0. The van der Waals surface area contributed by atoms with Gasteiger partial charge in [-0.2, -0.15) is 0 Å². The summed E-state index contributed by atoms with van der Waals surface area (Å²) in [5, 5.41) is 3.57. The largest absolute Gasteiger partial charge is 0.311 e. The van der Waals surface area contributed by atoms with E-state index < -0.39 is 10.0 Å². The van der Waals surface area contributed by atoms with Crippen LogP contribution in [0.1, 0.15) is 44.6 Å². The highest BCUT2D eigenvalue weighted by molar-refractivity contribution is 7.89. The van der Waals surface area contributed by atoms with Gasteiger partial charge in [0.05, 0.1) is 4.90 Å². The molecule has 0 bridgehead atoms. The van der Waals surface area contributed by atoms with Crippen molar-refractivity contribution in [1.29, 1.82) is 0 Å². The Balaban J connectivity index is 1.70. The van der Waals surface area contributed by atoms with Crippen LogP contribution in [0.15, 0.2) is 29.2 Å². The van der Waals surface area contributed by atoms with Crippen LogP contribution in [-0.4, -0.2) is 26.5 Å². The van der Waals surface area contributed by atoms with Crippen LogP contribution in [0, 0.1) is 0 Å². The van der Waals surface area contributed by atoms with Gasteiger partial charge >= 0.3 is 0 Å². The van der Waals surface area contributed by atoms with Gasteiger partial charge in [-0.25, -0.2) is 13.1 Å². The van der Waals surface area contributed by atoms with Crippen molar-refractivity contribution in [1.82, 2.24) is 10.0 Å². The Bertz CT molecular complexity index is 591. The maximum atomic E-state index is 12.5. The van der Waals surface area contributed by atoms with Gasteiger partial charge in [0.25, 0.3) is 0 Å². The lowest BCUT2D eigenvalue weighted by molar-refractivity contribution is 0.126. The number of rotatable bonds is 4. The van der Waals surface area contributed by atoms with E-state index in [-0.39, 0.29) is 11.6 Å². The van der Waals surface area contributed by atoms with Crippen LogP contribution in [0.2, 0.25) is 0 Å². The molecule has 1 aromatic carbocycles. The Morgan fingerprint density at radius 2 is 2.00 bits per heavy atom. The molecule has 3 rings (SSSR count). The molecule has 0 radical (unpaired) electrons. The smallest absolute Gasteiger partial charge is 0.240 e. The maximum absolute atomic E-state index is 12.5. The van der Waals surface area contributed by atoms with Crippen LogP contribution in [0.5, 0.6) is 0 Å². The molecule has 5 heteroatoms. The fourth-order valence-corrected chi connectivity index (χ4v) is 4.70. The maximum Gasteiger partial charge on any atom is 0.240 e. The second kappa shape index (κ2) is 5.71. The molecule has 1 heterocycles. The fraction of sp³-hybridized carbons (Fsp3) is 0.625.